The van der Waals surface area contributed by atoms with Crippen LogP contribution >= 0.6 is 11.8 Å². The summed E-state index contributed by atoms with van der Waals surface area (Å²) in [5, 5.41) is -0.190. The number of benzene rings is 1. The van der Waals surface area contributed by atoms with Gasteiger partial charge in [0.2, 0.25) is 5.91 Å². The molecule has 3 rings (SSSR count). The standard InChI is InChI=1S/C18H20N2O4S/c1-3-4-12-10-25-17-14(19)16(21)20(17)15(12)18(22)24-9-11-5-7-13(23-2)8-6-11/h3-8,14,17H,9-10,19H2,1-2H3/b4-3+/t14-,17-/m1/s1. The largest absolute Gasteiger partial charge is 0.497 e. The Balaban J connectivity index is 1.76. The van der Waals surface area contributed by atoms with Crippen LogP contribution < -0.4 is 10.5 Å². The number of fused-ring (bicyclic) bond motifs is 1. The summed E-state index contributed by atoms with van der Waals surface area (Å²) in [5.74, 6) is 0.616. The number of hydrogen-bond acceptors (Lipinski definition) is 6. The summed E-state index contributed by atoms with van der Waals surface area (Å²) in [5.41, 5.74) is 7.77. The van der Waals surface area contributed by atoms with Crippen LogP contribution in [0.4, 0.5) is 0 Å². The number of β-lactam (4-membered cyclic amide) rings is 1. The number of rotatable bonds is 5. The number of hydrogen-bond donors (Lipinski definition) is 1. The van der Waals surface area contributed by atoms with Gasteiger partial charge >= 0.3 is 5.97 Å². The van der Waals surface area contributed by atoms with Crippen LogP contribution in [0.5, 0.6) is 5.75 Å². The normalized spacial score (nSPS) is 22.7. The molecule has 1 fully saturated rings. The highest BCUT2D eigenvalue weighted by atomic mass is 32.2. The van der Waals surface area contributed by atoms with Crippen molar-refractivity contribution in [3.8, 4) is 5.75 Å². The Labute approximate surface area is 150 Å². The molecule has 0 unspecified atom stereocenters. The maximum Gasteiger partial charge on any atom is 0.355 e. The molecule has 0 radical (unpaired) electrons. The van der Waals surface area contributed by atoms with E-state index in [1.807, 2.05) is 31.2 Å². The average Bonchev–Trinajstić information content (AvgIpc) is 2.65. The molecular weight excluding hydrogens is 340 g/mol. The Kier molecular flexibility index (Phi) is 5.15. The number of nitrogens with zero attached hydrogens (tertiary/aromatic N) is 1. The molecule has 2 atom stereocenters. The number of carbonyl (C=O) groups is 2. The number of esters is 1. The predicted octanol–water partition coefficient (Wildman–Crippen LogP) is 1.81. The fourth-order valence-corrected chi connectivity index (χ4v) is 4.06. The average molecular weight is 360 g/mol. The van der Waals surface area contributed by atoms with Gasteiger partial charge in [-0.1, -0.05) is 24.3 Å². The molecule has 0 aliphatic carbocycles. The van der Waals surface area contributed by atoms with Gasteiger partial charge < -0.3 is 15.2 Å². The molecule has 0 saturated carbocycles. The third-order valence-electron chi connectivity index (χ3n) is 4.13. The van der Waals surface area contributed by atoms with E-state index in [2.05, 4.69) is 0 Å². The van der Waals surface area contributed by atoms with E-state index in [1.165, 1.54) is 4.90 Å². The van der Waals surface area contributed by atoms with Gasteiger partial charge in [-0.2, -0.15) is 0 Å². The van der Waals surface area contributed by atoms with E-state index in [9.17, 15) is 9.59 Å². The van der Waals surface area contributed by atoms with E-state index >= 15 is 0 Å². The van der Waals surface area contributed by atoms with Crippen molar-refractivity contribution in [1.82, 2.24) is 4.90 Å². The minimum Gasteiger partial charge on any atom is -0.497 e. The zero-order valence-corrected chi connectivity index (χ0v) is 14.9. The SMILES string of the molecule is C/C=C/C1=C(C(=O)OCc2ccc(OC)cc2)N2C(=O)[C@@H](N)[C@H]2SC1. The first-order chi connectivity index (χ1) is 12.1. The van der Waals surface area contributed by atoms with Gasteiger partial charge in [0, 0.05) is 5.75 Å². The van der Waals surface area contributed by atoms with Crippen LogP contribution in [-0.2, 0) is 20.9 Å². The highest BCUT2D eigenvalue weighted by Crippen LogP contribution is 2.40. The van der Waals surface area contributed by atoms with Crippen molar-refractivity contribution < 1.29 is 19.1 Å². The molecule has 0 aromatic heterocycles. The number of methoxy groups -OCH3 is 1. The summed E-state index contributed by atoms with van der Waals surface area (Å²) < 4.78 is 10.5. The number of carbonyl (C=O) groups excluding carboxylic acids is 2. The molecule has 7 heteroatoms. The topological polar surface area (TPSA) is 81.9 Å². The molecule has 1 aromatic carbocycles. The predicted molar refractivity (Wildman–Crippen MR) is 95.7 cm³/mol. The van der Waals surface area contributed by atoms with E-state index in [0.29, 0.717) is 11.4 Å². The lowest BCUT2D eigenvalue weighted by atomic mass is 10.0. The molecule has 6 nitrogen and oxygen atoms in total. The van der Waals surface area contributed by atoms with Gasteiger partial charge in [0.15, 0.2) is 0 Å². The Morgan fingerprint density at radius 2 is 2.12 bits per heavy atom. The third-order valence-corrected chi connectivity index (χ3v) is 5.45. The first-order valence-corrected chi connectivity index (χ1v) is 8.98. The molecule has 1 aromatic rings. The van der Waals surface area contributed by atoms with Crippen molar-refractivity contribution in [2.75, 3.05) is 12.9 Å². The lowest BCUT2D eigenvalue weighted by molar-refractivity contribution is -0.151. The molecule has 0 spiro atoms. The first kappa shape index (κ1) is 17.6. The van der Waals surface area contributed by atoms with E-state index in [0.717, 1.165) is 16.9 Å². The maximum absolute atomic E-state index is 12.6. The highest BCUT2D eigenvalue weighted by molar-refractivity contribution is 8.00. The molecule has 2 aliphatic heterocycles. The number of allylic oxidation sites excluding steroid dienone is 2. The molecule has 2 heterocycles. The fourth-order valence-electron chi connectivity index (χ4n) is 2.80. The summed E-state index contributed by atoms with van der Waals surface area (Å²) in [6.07, 6.45) is 3.68. The number of thioether (sulfide) groups is 1. The lowest BCUT2D eigenvalue weighted by Crippen LogP contribution is -2.68. The Hall–Kier alpha value is -2.25. The van der Waals surface area contributed by atoms with Crippen molar-refractivity contribution in [3.05, 3.63) is 53.3 Å². The van der Waals surface area contributed by atoms with Crippen LogP contribution in [0.2, 0.25) is 0 Å². The monoisotopic (exact) mass is 360 g/mol. The number of ether oxygens (including phenoxy) is 2. The zero-order valence-electron chi connectivity index (χ0n) is 14.1. The second-order valence-electron chi connectivity index (χ2n) is 5.73. The zero-order chi connectivity index (χ0) is 18.0. The highest BCUT2D eigenvalue weighted by Gasteiger charge is 2.51. The first-order valence-electron chi connectivity index (χ1n) is 7.93. The quantitative estimate of drug-likeness (QED) is 0.637. The number of nitrogens with two attached hydrogens (primary N) is 1. The summed E-state index contributed by atoms with van der Waals surface area (Å²) in [4.78, 5) is 26.2. The van der Waals surface area contributed by atoms with Gasteiger partial charge in [-0.05, 0) is 30.2 Å². The van der Waals surface area contributed by atoms with Crippen molar-refractivity contribution in [2.45, 2.75) is 24.9 Å². The van der Waals surface area contributed by atoms with E-state index in [1.54, 1.807) is 31.0 Å². The third kappa shape index (κ3) is 3.29. The summed E-state index contributed by atoms with van der Waals surface area (Å²) in [6.45, 7) is 2.00. The minimum atomic E-state index is -0.554. The summed E-state index contributed by atoms with van der Waals surface area (Å²) >= 11 is 1.56. The minimum absolute atomic E-state index is 0.126. The second-order valence-corrected chi connectivity index (χ2v) is 6.84. The van der Waals surface area contributed by atoms with Gasteiger partial charge in [-0.3, -0.25) is 9.69 Å². The van der Waals surface area contributed by atoms with Crippen molar-refractivity contribution >= 4 is 23.6 Å². The summed E-state index contributed by atoms with van der Waals surface area (Å²) in [6, 6.07) is 6.72. The molecule has 2 N–H and O–H groups in total. The van der Waals surface area contributed by atoms with E-state index in [4.69, 9.17) is 15.2 Å². The molecular formula is C18H20N2O4S. The lowest BCUT2D eigenvalue weighted by Gasteiger charge is -2.48. The van der Waals surface area contributed by atoms with Crippen LogP contribution in [0.3, 0.4) is 0 Å². The van der Waals surface area contributed by atoms with Crippen LogP contribution in [0, 0.1) is 0 Å². The van der Waals surface area contributed by atoms with Crippen LogP contribution in [0.25, 0.3) is 0 Å². The molecule has 1 amide bonds. The van der Waals surface area contributed by atoms with Gasteiger partial charge in [0.25, 0.3) is 0 Å². The molecule has 0 bridgehead atoms. The van der Waals surface area contributed by atoms with Crippen LogP contribution in [0.15, 0.2) is 47.7 Å². The Bertz CT molecular complexity index is 742. The van der Waals surface area contributed by atoms with Gasteiger partial charge in [-0.15, -0.1) is 11.8 Å². The summed E-state index contributed by atoms with van der Waals surface area (Å²) in [7, 11) is 1.59. The van der Waals surface area contributed by atoms with Crippen molar-refractivity contribution in [2.24, 2.45) is 5.73 Å². The second kappa shape index (κ2) is 7.33. The smallest absolute Gasteiger partial charge is 0.355 e. The van der Waals surface area contributed by atoms with Crippen molar-refractivity contribution in [3.63, 3.8) is 0 Å². The van der Waals surface area contributed by atoms with Gasteiger partial charge in [-0.25, -0.2) is 4.79 Å². The van der Waals surface area contributed by atoms with Crippen LogP contribution in [-0.4, -0.2) is 41.1 Å². The molecule has 25 heavy (non-hydrogen) atoms. The van der Waals surface area contributed by atoms with Gasteiger partial charge in [0.1, 0.15) is 29.5 Å². The maximum atomic E-state index is 12.6. The fraction of sp³-hybridized carbons (Fsp3) is 0.333. The van der Waals surface area contributed by atoms with E-state index in [-0.39, 0.29) is 17.9 Å². The number of amides is 1. The van der Waals surface area contributed by atoms with Gasteiger partial charge in [0.05, 0.1) is 7.11 Å². The van der Waals surface area contributed by atoms with E-state index < -0.39 is 12.0 Å². The van der Waals surface area contributed by atoms with Crippen LogP contribution in [0.1, 0.15) is 12.5 Å². The molecule has 1 saturated heterocycles. The molecule has 132 valence electrons. The van der Waals surface area contributed by atoms with Crippen molar-refractivity contribution in [1.29, 1.82) is 0 Å². The Morgan fingerprint density at radius 1 is 1.40 bits per heavy atom. The molecule has 2 aliphatic rings. The Morgan fingerprint density at radius 3 is 2.76 bits per heavy atom.